The highest BCUT2D eigenvalue weighted by Gasteiger charge is 2.31. The molecule has 1 aliphatic rings. The van der Waals surface area contributed by atoms with Crippen LogP contribution in [0.25, 0.3) is 0 Å². The molecule has 0 bridgehead atoms. The normalized spacial score (nSPS) is 19.6. The molecule has 0 aliphatic heterocycles. The number of carbonyl (C=O) groups is 2. The van der Waals surface area contributed by atoms with Crippen LogP contribution in [0, 0.1) is 5.92 Å². The molecule has 5 heteroatoms. The molecule has 0 spiro atoms. The molecular formula is C22H33NO4. The summed E-state index contributed by atoms with van der Waals surface area (Å²) in [6.07, 6.45) is 4.77. The Morgan fingerprint density at radius 2 is 1.81 bits per heavy atom. The first kappa shape index (κ1) is 21.3. The summed E-state index contributed by atoms with van der Waals surface area (Å²) in [5.74, 6) is 0.924. The molecule has 27 heavy (non-hydrogen) atoms. The molecule has 1 aromatic carbocycles. The van der Waals surface area contributed by atoms with Crippen molar-refractivity contribution in [2.75, 3.05) is 13.2 Å². The van der Waals surface area contributed by atoms with Crippen molar-refractivity contribution in [3.8, 4) is 5.75 Å². The van der Waals surface area contributed by atoms with E-state index >= 15 is 0 Å². The SMILES string of the molecule is CCOC(=O)CCN(C(=O)c1ccc(OC(C)C)cc1)C1CCCCC1C. The number of benzene rings is 1. The van der Waals surface area contributed by atoms with Crippen LogP contribution < -0.4 is 4.74 Å². The van der Waals surface area contributed by atoms with E-state index in [0.717, 1.165) is 25.0 Å². The number of hydrogen-bond acceptors (Lipinski definition) is 4. The molecule has 5 nitrogen and oxygen atoms in total. The van der Waals surface area contributed by atoms with Crippen molar-refractivity contribution in [2.24, 2.45) is 5.92 Å². The van der Waals surface area contributed by atoms with E-state index in [0.29, 0.717) is 24.6 Å². The molecule has 150 valence electrons. The van der Waals surface area contributed by atoms with E-state index in [1.165, 1.54) is 6.42 Å². The number of rotatable bonds is 8. The zero-order valence-electron chi connectivity index (χ0n) is 17.1. The number of esters is 1. The van der Waals surface area contributed by atoms with Crippen LogP contribution in [0.3, 0.4) is 0 Å². The Kier molecular flexibility index (Phi) is 8.14. The minimum absolute atomic E-state index is 0.0193. The number of ether oxygens (including phenoxy) is 2. The maximum absolute atomic E-state index is 13.2. The summed E-state index contributed by atoms with van der Waals surface area (Å²) in [7, 11) is 0. The van der Waals surface area contributed by atoms with Gasteiger partial charge >= 0.3 is 5.97 Å². The summed E-state index contributed by atoms with van der Waals surface area (Å²) >= 11 is 0. The van der Waals surface area contributed by atoms with E-state index in [2.05, 4.69) is 6.92 Å². The lowest BCUT2D eigenvalue weighted by molar-refractivity contribution is -0.143. The van der Waals surface area contributed by atoms with E-state index < -0.39 is 0 Å². The Morgan fingerprint density at radius 1 is 1.15 bits per heavy atom. The van der Waals surface area contributed by atoms with Gasteiger partial charge in [0.05, 0.1) is 19.1 Å². The van der Waals surface area contributed by atoms with Crippen molar-refractivity contribution < 1.29 is 19.1 Å². The summed E-state index contributed by atoms with van der Waals surface area (Å²) in [4.78, 5) is 27.0. The average molecular weight is 376 g/mol. The smallest absolute Gasteiger partial charge is 0.307 e. The fraction of sp³-hybridized carbons (Fsp3) is 0.636. The molecule has 1 fully saturated rings. The lowest BCUT2D eigenvalue weighted by atomic mass is 9.84. The third-order valence-electron chi connectivity index (χ3n) is 5.06. The minimum atomic E-state index is -0.251. The summed E-state index contributed by atoms with van der Waals surface area (Å²) in [6, 6.07) is 7.46. The van der Waals surface area contributed by atoms with E-state index in [9.17, 15) is 9.59 Å². The molecular weight excluding hydrogens is 342 g/mol. The Morgan fingerprint density at radius 3 is 2.41 bits per heavy atom. The van der Waals surface area contributed by atoms with Crippen molar-refractivity contribution >= 4 is 11.9 Å². The van der Waals surface area contributed by atoms with Gasteiger partial charge in [0, 0.05) is 18.2 Å². The number of amides is 1. The van der Waals surface area contributed by atoms with Crippen molar-refractivity contribution in [3.05, 3.63) is 29.8 Å². The number of nitrogens with zero attached hydrogens (tertiary/aromatic N) is 1. The summed E-state index contributed by atoms with van der Waals surface area (Å²) in [5, 5.41) is 0. The van der Waals surface area contributed by atoms with Crippen molar-refractivity contribution in [1.29, 1.82) is 0 Å². The molecule has 1 aromatic rings. The Labute approximate surface area is 163 Å². The Bertz CT molecular complexity index is 611. The summed E-state index contributed by atoms with van der Waals surface area (Å²) in [6.45, 7) is 8.71. The van der Waals surface area contributed by atoms with Gasteiger partial charge in [-0.15, -0.1) is 0 Å². The monoisotopic (exact) mass is 375 g/mol. The molecule has 2 unspecified atom stereocenters. The second-order valence-corrected chi connectivity index (χ2v) is 7.57. The zero-order valence-corrected chi connectivity index (χ0v) is 17.1. The molecule has 0 aromatic heterocycles. The van der Waals surface area contributed by atoms with Crippen molar-refractivity contribution in [3.63, 3.8) is 0 Å². The van der Waals surface area contributed by atoms with Gasteiger partial charge in [-0.3, -0.25) is 9.59 Å². The highest BCUT2D eigenvalue weighted by molar-refractivity contribution is 5.94. The van der Waals surface area contributed by atoms with Gasteiger partial charge in [-0.25, -0.2) is 0 Å². The predicted molar refractivity (Wildman–Crippen MR) is 106 cm³/mol. The van der Waals surface area contributed by atoms with Gasteiger partial charge in [0.25, 0.3) is 5.91 Å². The van der Waals surface area contributed by atoms with Crippen LogP contribution in [0.4, 0.5) is 0 Å². The van der Waals surface area contributed by atoms with Crippen LogP contribution in [0.5, 0.6) is 5.75 Å². The largest absolute Gasteiger partial charge is 0.491 e. The van der Waals surface area contributed by atoms with Crippen LogP contribution >= 0.6 is 0 Å². The molecule has 0 radical (unpaired) electrons. The van der Waals surface area contributed by atoms with Crippen LogP contribution in [-0.2, 0) is 9.53 Å². The standard InChI is InChI=1S/C22H33NO4/c1-5-26-21(24)14-15-23(20-9-7-6-8-17(20)4)22(25)18-10-12-19(13-11-18)27-16(2)3/h10-13,16-17,20H,5-9,14-15H2,1-4H3. The molecule has 1 saturated carbocycles. The molecule has 1 amide bonds. The maximum Gasteiger partial charge on any atom is 0.307 e. The molecule has 0 saturated heterocycles. The van der Waals surface area contributed by atoms with Crippen molar-refractivity contribution in [1.82, 2.24) is 4.90 Å². The second kappa shape index (κ2) is 10.3. The van der Waals surface area contributed by atoms with Crippen LogP contribution in [0.2, 0.25) is 0 Å². The van der Waals surface area contributed by atoms with Gasteiger partial charge in [-0.1, -0.05) is 19.8 Å². The molecule has 2 rings (SSSR count). The maximum atomic E-state index is 13.2. The second-order valence-electron chi connectivity index (χ2n) is 7.57. The topological polar surface area (TPSA) is 55.8 Å². The highest BCUT2D eigenvalue weighted by atomic mass is 16.5. The minimum Gasteiger partial charge on any atom is -0.491 e. The lowest BCUT2D eigenvalue weighted by Gasteiger charge is -2.38. The van der Waals surface area contributed by atoms with Crippen molar-refractivity contribution in [2.45, 2.75) is 71.9 Å². The van der Waals surface area contributed by atoms with Gasteiger partial charge < -0.3 is 14.4 Å². The highest BCUT2D eigenvalue weighted by Crippen LogP contribution is 2.29. The zero-order chi connectivity index (χ0) is 19.8. The van der Waals surface area contributed by atoms with Crippen LogP contribution in [-0.4, -0.2) is 42.1 Å². The number of hydrogen-bond donors (Lipinski definition) is 0. The lowest BCUT2D eigenvalue weighted by Crippen LogP contribution is -2.46. The molecule has 1 aliphatic carbocycles. The molecule has 0 N–H and O–H groups in total. The van der Waals surface area contributed by atoms with E-state index in [1.54, 1.807) is 6.92 Å². The first-order valence-corrected chi connectivity index (χ1v) is 10.2. The fourth-order valence-electron chi connectivity index (χ4n) is 3.74. The fourth-order valence-corrected chi connectivity index (χ4v) is 3.74. The quantitative estimate of drug-likeness (QED) is 0.630. The van der Waals surface area contributed by atoms with E-state index in [4.69, 9.17) is 9.47 Å². The van der Waals surface area contributed by atoms with Gasteiger partial charge in [0.2, 0.25) is 0 Å². The van der Waals surface area contributed by atoms with Crippen LogP contribution in [0.1, 0.15) is 70.2 Å². The Balaban J connectivity index is 2.15. The van der Waals surface area contributed by atoms with E-state index in [-0.39, 0.29) is 30.4 Å². The van der Waals surface area contributed by atoms with Gasteiger partial charge in [-0.2, -0.15) is 0 Å². The van der Waals surface area contributed by atoms with Crippen LogP contribution in [0.15, 0.2) is 24.3 Å². The predicted octanol–water partition coefficient (Wildman–Crippen LogP) is 4.45. The molecule has 2 atom stereocenters. The third-order valence-corrected chi connectivity index (χ3v) is 5.06. The van der Waals surface area contributed by atoms with Gasteiger partial charge in [0.15, 0.2) is 0 Å². The third kappa shape index (κ3) is 6.26. The van der Waals surface area contributed by atoms with Gasteiger partial charge in [-0.05, 0) is 63.8 Å². The average Bonchev–Trinajstić information content (AvgIpc) is 2.63. The first-order valence-electron chi connectivity index (χ1n) is 10.2. The Hall–Kier alpha value is -2.04. The van der Waals surface area contributed by atoms with Gasteiger partial charge in [0.1, 0.15) is 5.75 Å². The molecule has 0 heterocycles. The van der Waals surface area contributed by atoms with E-state index in [1.807, 2.05) is 43.0 Å². The first-order chi connectivity index (χ1) is 12.9. The summed E-state index contributed by atoms with van der Waals surface area (Å²) < 4.78 is 10.7. The number of carbonyl (C=O) groups excluding carboxylic acids is 2. The summed E-state index contributed by atoms with van der Waals surface area (Å²) in [5.41, 5.74) is 0.632.